The lowest BCUT2D eigenvalue weighted by atomic mass is 10.1. The zero-order chi connectivity index (χ0) is 19.8. The van der Waals surface area contributed by atoms with E-state index in [2.05, 4.69) is 10.6 Å². The van der Waals surface area contributed by atoms with Gasteiger partial charge in [0, 0.05) is 11.4 Å². The first-order valence-corrected chi connectivity index (χ1v) is 8.95. The van der Waals surface area contributed by atoms with Crippen molar-refractivity contribution in [2.75, 3.05) is 24.2 Å². The number of hydrogen-bond acceptors (Lipinski definition) is 3. The average Bonchev–Trinajstić information content (AvgIpc) is 2.67. The predicted octanol–water partition coefficient (Wildman–Crippen LogP) is 1.60. The second-order valence-corrected chi connectivity index (χ2v) is 6.49. The van der Waals surface area contributed by atoms with E-state index >= 15 is 0 Å². The number of carbonyl (C=O) groups is 2. The largest absolute Gasteiger partial charge is 0.321 e. The molecule has 0 heterocycles. The van der Waals surface area contributed by atoms with E-state index in [1.54, 1.807) is 38.2 Å². The number of nitrogens with zero attached hydrogens (tertiary/aromatic N) is 1. The predicted molar refractivity (Wildman–Crippen MR) is 105 cm³/mol. The smallest absolute Gasteiger partial charge is 0.282 e. The molecular weight excluding hydrogens is 340 g/mol. The maximum Gasteiger partial charge on any atom is 0.282 e. The average molecular weight is 365 g/mol. The lowest BCUT2D eigenvalue weighted by Crippen LogP contribution is -3.14. The Balaban J connectivity index is 1.93. The monoisotopic (exact) mass is 365 g/mol. The van der Waals surface area contributed by atoms with Gasteiger partial charge >= 0.3 is 0 Å². The first-order chi connectivity index (χ1) is 12.9. The second-order valence-electron chi connectivity index (χ2n) is 6.49. The molecule has 0 radical (unpaired) electrons. The van der Waals surface area contributed by atoms with E-state index in [9.17, 15) is 9.59 Å². The number of nitriles is 1. The highest BCUT2D eigenvalue weighted by Gasteiger charge is 2.24. The van der Waals surface area contributed by atoms with Crippen molar-refractivity contribution in [2.45, 2.75) is 26.3 Å². The third kappa shape index (κ3) is 5.66. The SMILES string of the molecule is CCc1ccccc1NC(=O)C[NH+](C)[C@H](C)C(=O)Nc1cccc(C#N)c1. The van der Waals surface area contributed by atoms with Gasteiger partial charge in [-0.2, -0.15) is 5.26 Å². The highest BCUT2D eigenvalue weighted by atomic mass is 16.2. The minimum atomic E-state index is -0.428. The van der Waals surface area contributed by atoms with Crippen LogP contribution in [-0.2, 0) is 16.0 Å². The minimum Gasteiger partial charge on any atom is -0.321 e. The van der Waals surface area contributed by atoms with Crippen molar-refractivity contribution < 1.29 is 14.5 Å². The quantitative estimate of drug-likeness (QED) is 0.697. The number of rotatable bonds is 7. The fraction of sp³-hybridized carbons (Fsp3) is 0.286. The Morgan fingerprint density at radius 1 is 1.15 bits per heavy atom. The molecule has 2 rings (SSSR count). The molecule has 140 valence electrons. The Kier molecular flexibility index (Phi) is 7.09. The topological polar surface area (TPSA) is 86.4 Å². The third-order valence-electron chi connectivity index (χ3n) is 4.50. The third-order valence-corrected chi connectivity index (χ3v) is 4.50. The van der Waals surface area contributed by atoms with Gasteiger partial charge in [-0.1, -0.05) is 31.2 Å². The van der Waals surface area contributed by atoms with Crippen molar-refractivity contribution in [3.63, 3.8) is 0 Å². The molecule has 0 aliphatic carbocycles. The van der Waals surface area contributed by atoms with Crippen molar-refractivity contribution in [1.29, 1.82) is 5.26 Å². The maximum atomic E-state index is 12.4. The van der Waals surface area contributed by atoms with Crippen LogP contribution in [0, 0.1) is 11.3 Å². The number of benzene rings is 2. The van der Waals surface area contributed by atoms with Crippen LogP contribution < -0.4 is 15.5 Å². The number of para-hydroxylation sites is 1. The maximum absolute atomic E-state index is 12.4. The molecule has 0 aromatic heterocycles. The molecule has 0 fully saturated rings. The molecule has 6 heteroatoms. The van der Waals surface area contributed by atoms with Crippen LogP contribution >= 0.6 is 0 Å². The van der Waals surface area contributed by atoms with E-state index in [0.717, 1.165) is 22.6 Å². The van der Waals surface area contributed by atoms with Crippen LogP contribution in [0.3, 0.4) is 0 Å². The summed E-state index contributed by atoms with van der Waals surface area (Å²) < 4.78 is 0. The first kappa shape index (κ1) is 20.1. The van der Waals surface area contributed by atoms with Gasteiger partial charge in [0.15, 0.2) is 12.6 Å². The Hall–Kier alpha value is -3.17. The number of likely N-dealkylation sites (N-methyl/N-ethyl adjacent to an activating group) is 1. The fourth-order valence-electron chi connectivity index (χ4n) is 2.69. The highest BCUT2D eigenvalue weighted by Crippen LogP contribution is 2.15. The van der Waals surface area contributed by atoms with Crippen LogP contribution in [0.1, 0.15) is 25.0 Å². The normalized spacial score (nSPS) is 12.5. The Morgan fingerprint density at radius 3 is 2.59 bits per heavy atom. The molecule has 2 aromatic carbocycles. The van der Waals surface area contributed by atoms with E-state index in [1.165, 1.54) is 0 Å². The summed E-state index contributed by atoms with van der Waals surface area (Å²) in [5, 5.41) is 14.7. The zero-order valence-corrected chi connectivity index (χ0v) is 15.9. The number of anilines is 2. The molecule has 0 saturated carbocycles. The summed E-state index contributed by atoms with van der Waals surface area (Å²) in [5.74, 6) is -0.344. The number of amides is 2. The Morgan fingerprint density at radius 2 is 1.89 bits per heavy atom. The molecular formula is C21H25N4O2+. The lowest BCUT2D eigenvalue weighted by molar-refractivity contribution is -0.885. The van der Waals surface area contributed by atoms with Gasteiger partial charge in [0.1, 0.15) is 0 Å². The molecule has 0 spiro atoms. The van der Waals surface area contributed by atoms with Gasteiger partial charge in [-0.15, -0.1) is 0 Å². The Labute approximate surface area is 159 Å². The number of carbonyl (C=O) groups excluding carboxylic acids is 2. The van der Waals surface area contributed by atoms with Crippen molar-refractivity contribution >= 4 is 23.2 Å². The molecule has 2 amide bonds. The van der Waals surface area contributed by atoms with Crippen molar-refractivity contribution in [1.82, 2.24) is 0 Å². The standard InChI is InChI=1S/C21H24N4O2/c1-4-17-9-5-6-11-19(17)24-20(26)14-25(3)15(2)21(27)23-18-10-7-8-16(12-18)13-22/h5-12,15H,4,14H2,1-3H3,(H,23,27)(H,24,26)/p+1/t15-/m1/s1. The summed E-state index contributed by atoms with van der Waals surface area (Å²) in [6, 6.07) is 16.0. The highest BCUT2D eigenvalue weighted by molar-refractivity contribution is 5.95. The number of hydrogen-bond donors (Lipinski definition) is 3. The van der Waals surface area contributed by atoms with E-state index in [-0.39, 0.29) is 18.4 Å². The van der Waals surface area contributed by atoms with Gasteiger partial charge in [-0.3, -0.25) is 9.59 Å². The van der Waals surface area contributed by atoms with Crippen LogP contribution in [0.25, 0.3) is 0 Å². The fourth-order valence-corrected chi connectivity index (χ4v) is 2.69. The minimum absolute atomic E-state index is 0.139. The molecule has 0 aliphatic heterocycles. The van der Waals surface area contributed by atoms with E-state index in [1.807, 2.05) is 37.3 Å². The molecule has 2 atom stereocenters. The summed E-state index contributed by atoms with van der Waals surface area (Å²) in [5.41, 5.74) is 2.94. The van der Waals surface area contributed by atoms with Gasteiger partial charge < -0.3 is 15.5 Å². The first-order valence-electron chi connectivity index (χ1n) is 8.95. The summed E-state index contributed by atoms with van der Waals surface area (Å²) in [6.07, 6.45) is 0.833. The van der Waals surface area contributed by atoms with Gasteiger partial charge in [0.05, 0.1) is 18.7 Å². The molecule has 27 heavy (non-hydrogen) atoms. The molecule has 0 bridgehead atoms. The van der Waals surface area contributed by atoms with E-state index < -0.39 is 6.04 Å². The molecule has 1 unspecified atom stereocenters. The van der Waals surface area contributed by atoms with Crippen LogP contribution in [-0.4, -0.2) is 31.4 Å². The summed E-state index contributed by atoms with van der Waals surface area (Å²) in [6.45, 7) is 3.98. The van der Waals surface area contributed by atoms with Gasteiger partial charge in [0.25, 0.3) is 11.8 Å². The second kappa shape index (κ2) is 9.51. The van der Waals surface area contributed by atoms with Crippen molar-refractivity contribution in [2.24, 2.45) is 0 Å². The van der Waals surface area contributed by atoms with E-state index in [4.69, 9.17) is 5.26 Å². The molecule has 0 aliphatic rings. The summed E-state index contributed by atoms with van der Waals surface area (Å²) in [4.78, 5) is 25.6. The van der Waals surface area contributed by atoms with Crippen molar-refractivity contribution in [3.8, 4) is 6.07 Å². The Bertz CT molecular complexity index is 857. The number of nitrogens with one attached hydrogen (secondary N) is 3. The van der Waals surface area contributed by atoms with Gasteiger partial charge in [0.2, 0.25) is 0 Å². The molecule has 6 nitrogen and oxygen atoms in total. The number of aryl methyl sites for hydroxylation is 1. The van der Waals surface area contributed by atoms with Crippen LogP contribution in [0.2, 0.25) is 0 Å². The number of quaternary nitrogens is 1. The van der Waals surface area contributed by atoms with Crippen LogP contribution in [0.5, 0.6) is 0 Å². The van der Waals surface area contributed by atoms with Crippen LogP contribution in [0.15, 0.2) is 48.5 Å². The molecule has 3 N–H and O–H groups in total. The van der Waals surface area contributed by atoms with Gasteiger partial charge in [-0.05, 0) is 43.2 Å². The summed E-state index contributed by atoms with van der Waals surface area (Å²) >= 11 is 0. The lowest BCUT2D eigenvalue weighted by Gasteiger charge is -2.21. The molecule has 0 saturated heterocycles. The zero-order valence-electron chi connectivity index (χ0n) is 15.9. The van der Waals surface area contributed by atoms with Crippen molar-refractivity contribution in [3.05, 3.63) is 59.7 Å². The van der Waals surface area contributed by atoms with E-state index in [0.29, 0.717) is 11.3 Å². The van der Waals surface area contributed by atoms with Gasteiger partial charge in [-0.25, -0.2) is 0 Å². The summed E-state index contributed by atoms with van der Waals surface area (Å²) in [7, 11) is 1.81. The van der Waals surface area contributed by atoms with Crippen LogP contribution in [0.4, 0.5) is 11.4 Å². The molecule has 2 aromatic rings.